The van der Waals surface area contributed by atoms with Gasteiger partial charge < -0.3 is 10.2 Å². The van der Waals surface area contributed by atoms with Gasteiger partial charge in [-0.1, -0.05) is 109 Å². The van der Waals surface area contributed by atoms with E-state index < -0.39 is 28.5 Å². The van der Waals surface area contributed by atoms with Crippen molar-refractivity contribution in [2.24, 2.45) is 0 Å². The van der Waals surface area contributed by atoms with Gasteiger partial charge in [0.05, 0.1) is 10.6 Å². The molecule has 1 N–H and O–H groups in total. The van der Waals surface area contributed by atoms with Crippen LogP contribution in [0.1, 0.15) is 47.6 Å². The van der Waals surface area contributed by atoms with E-state index in [-0.39, 0.29) is 23.8 Å². The number of nitrogens with zero attached hydrogens (tertiary/aromatic N) is 2. The molecule has 242 valence electrons. The molecular weight excluding hydrogens is 618 g/mol. The van der Waals surface area contributed by atoms with Crippen molar-refractivity contribution >= 4 is 39.1 Å². The molecule has 0 aromatic heterocycles. The van der Waals surface area contributed by atoms with Crippen molar-refractivity contribution in [2.75, 3.05) is 17.4 Å². The van der Waals surface area contributed by atoms with E-state index in [1.807, 2.05) is 75.4 Å². The summed E-state index contributed by atoms with van der Waals surface area (Å²) < 4.78 is 29.6. The molecule has 1 unspecified atom stereocenters. The minimum atomic E-state index is -4.21. The average molecular weight is 660 g/mol. The van der Waals surface area contributed by atoms with Gasteiger partial charge in [-0.3, -0.25) is 13.9 Å². The van der Waals surface area contributed by atoms with Crippen LogP contribution < -0.4 is 9.62 Å². The smallest absolute Gasteiger partial charge is 0.264 e. The first-order valence-corrected chi connectivity index (χ1v) is 17.3. The van der Waals surface area contributed by atoms with Gasteiger partial charge in [-0.05, 0) is 68.1 Å². The molecule has 7 nitrogen and oxygen atoms in total. The fourth-order valence-corrected chi connectivity index (χ4v) is 6.81. The Kier molecular flexibility index (Phi) is 12.0. The lowest BCUT2D eigenvalue weighted by Crippen LogP contribution is -2.53. The molecule has 0 saturated carbocycles. The van der Waals surface area contributed by atoms with Gasteiger partial charge in [-0.2, -0.15) is 0 Å². The largest absolute Gasteiger partial charge is 0.354 e. The number of carbonyl (C=O) groups excluding carboxylic acids is 2. The number of unbranched alkanes of at least 4 members (excludes halogenated alkanes) is 1. The fraction of sp³-hybridized carbons (Fsp3) is 0.297. The Balaban J connectivity index is 1.81. The maximum Gasteiger partial charge on any atom is 0.264 e. The first kappa shape index (κ1) is 34.7. The molecule has 0 radical (unpaired) electrons. The number of benzene rings is 4. The van der Waals surface area contributed by atoms with E-state index in [4.69, 9.17) is 11.6 Å². The third-order valence-corrected chi connectivity index (χ3v) is 10.2. The van der Waals surface area contributed by atoms with Crippen molar-refractivity contribution in [1.82, 2.24) is 10.2 Å². The van der Waals surface area contributed by atoms with Gasteiger partial charge in [0.2, 0.25) is 11.8 Å². The van der Waals surface area contributed by atoms with E-state index in [9.17, 15) is 18.0 Å². The molecule has 0 heterocycles. The molecule has 0 spiro atoms. The van der Waals surface area contributed by atoms with Crippen LogP contribution in [0.25, 0.3) is 0 Å². The van der Waals surface area contributed by atoms with Crippen LogP contribution in [0.2, 0.25) is 5.02 Å². The number of hydrogen-bond acceptors (Lipinski definition) is 4. The van der Waals surface area contributed by atoms with Crippen molar-refractivity contribution in [1.29, 1.82) is 0 Å². The van der Waals surface area contributed by atoms with Crippen LogP contribution in [0.3, 0.4) is 0 Å². The predicted molar refractivity (Wildman–Crippen MR) is 185 cm³/mol. The normalized spacial score (nSPS) is 11.9. The quantitative estimate of drug-likeness (QED) is 0.148. The molecule has 0 aliphatic rings. The molecular formula is C37H42ClN3O4S. The van der Waals surface area contributed by atoms with Crippen LogP contribution in [-0.2, 0) is 32.6 Å². The summed E-state index contributed by atoms with van der Waals surface area (Å²) in [4.78, 5) is 30.0. The fourth-order valence-electron chi connectivity index (χ4n) is 5.17. The minimum absolute atomic E-state index is 0.0495. The standard InChI is InChI=1S/C37H42ClN3O4S/c1-5-6-23-39-37(43)35(24-30-11-8-7-9-12-30)40(25-31-19-15-27(2)16-20-31)36(42)26-41(34-14-10-13-33(38)29(34)4)46(44,45)32-21-17-28(3)18-22-32/h7-22,35H,5-6,23-26H2,1-4H3,(H,39,43). The number of hydrogen-bond donors (Lipinski definition) is 1. The van der Waals surface area contributed by atoms with Crippen LogP contribution in [0.15, 0.2) is 102 Å². The van der Waals surface area contributed by atoms with Gasteiger partial charge >= 0.3 is 0 Å². The van der Waals surface area contributed by atoms with Gasteiger partial charge in [0.15, 0.2) is 0 Å². The molecule has 4 aromatic rings. The molecule has 9 heteroatoms. The topological polar surface area (TPSA) is 86.8 Å². The second kappa shape index (κ2) is 15.9. The predicted octanol–water partition coefficient (Wildman–Crippen LogP) is 7.02. The molecule has 0 aliphatic heterocycles. The lowest BCUT2D eigenvalue weighted by atomic mass is 10.0. The van der Waals surface area contributed by atoms with Crippen LogP contribution in [0, 0.1) is 20.8 Å². The lowest BCUT2D eigenvalue weighted by molar-refractivity contribution is -0.140. The van der Waals surface area contributed by atoms with Crippen molar-refractivity contribution < 1.29 is 18.0 Å². The zero-order valence-corrected chi connectivity index (χ0v) is 28.4. The van der Waals surface area contributed by atoms with E-state index in [1.165, 1.54) is 17.0 Å². The first-order valence-electron chi connectivity index (χ1n) is 15.5. The monoisotopic (exact) mass is 659 g/mol. The van der Waals surface area contributed by atoms with Gasteiger partial charge in [-0.25, -0.2) is 8.42 Å². The SMILES string of the molecule is CCCCNC(=O)C(Cc1ccccc1)N(Cc1ccc(C)cc1)C(=O)CN(c1cccc(Cl)c1C)S(=O)(=O)c1ccc(C)cc1. The van der Waals surface area contributed by atoms with Crippen LogP contribution in [0.4, 0.5) is 5.69 Å². The zero-order chi connectivity index (χ0) is 33.3. The van der Waals surface area contributed by atoms with E-state index in [0.717, 1.165) is 39.4 Å². The first-order chi connectivity index (χ1) is 22.0. The Labute approximate surface area is 278 Å². The van der Waals surface area contributed by atoms with E-state index in [2.05, 4.69) is 5.32 Å². The number of carbonyl (C=O) groups is 2. The second-order valence-electron chi connectivity index (χ2n) is 11.6. The number of anilines is 1. The Bertz CT molecular complexity index is 1730. The van der Waals surface area contributed by atoms with Gasteiger partial charge in [0.1, 0.15) is 12.6 Å². The maximum absolute atomic E-state index is 14.6. The van der Waals surface area contributed by atoms with Crippen LogP contribution in [0.5, 0.6) is 0 Å². The third-order valence-electron chi connectivity index (χ3n) is 7.97. The molecule has 4 rings (SSSR count). The van der Waals surface area contributed by atoms with E-state index in [1.54, 1.807) is 37.3 Å². The molecule has 0 bridgehead atoms. The summed E-state index contributed by atoms with van der Waals surface area (Å²) in [6.07, 6.45) is 1.96. The molecule has 46 heavy (non-hydrogen) atoms. The Morgan fingerprint density at radius 3 is 2.07 bits per heavy atom. The van der Waals surface area contributed by atoms with Crippen LogP contribution in [-0.4, -0.2) is 44.3 Å². The summed E-state index contributed by atoms with van der Waals surface area (Å²) in [5.74, 6) is -0.799. The summed E-state index contributed by atoms with van der Waals surface area (Å²) in [5, 5.41) is 3.39. The van der Waals surface area contributed by atoms with Gasteiger partial charge in [0.25, 0.3) is 10.0 Å². The van der Waals surface area contributed by atoms with Crippen molar-refractivity contribution in [3.05, 3.63) is 130 Å². The highest BCUT2D eigenvalue weighted by molar-refractivity contribution is 7.92. The Hall–Kier alpha value is -4.14. The number of amides is 2. The minimum Gasteiger partial charge on any atom is -0.354 e. The maximum atomic E-state index is 14.6. The summed E-state index contributed by atoms with van der Waals surface area (Å²) in [6.45, 7) is 7.68. The van der Waals surface area contributed by atoms with E-state index >= 15 is 0 Å². The summed E-state index contributed by atoms with van der Waals surface area (Å²) in [6, 6.07) is 27.9. The molecule has 2 amide bonds. The van der Waals surface area contributed by atoms with Crippen molar-refractivity contribution in [2.45, 2.75) is 64.4 Å². The lowest BCUT2D eigenvalue weighted by Gasteiger charge is -2.34. The molecule has 0 saturated heterocycles. The highest BCUT2D eigenvalue weighted by Crippen LogP contribution is 2.31. The average Bonchev–Trinajstić information content (AvgIpc) is 3.04. The number of aryl methyl sites for hydroxylation is 2. The molecule has 0 fully saturated rings. The number of sulfonamides is 1. The summed E-state index contributed by atoms with van der Waals surface area (Å²) >= 11 is 6.47. The third kappa shape index (κ3) is 8.77. The number of rotatable bonds is 14. The highest BCUT2D eigenvalue weighted by atomic mass is 35.5. The highest BCUT2D eigenvalue weighted by Gasteiger charge is 2.35. The summed E-state index contributed by atoms with van der Waals surface area (Å²) in [5.41, 5.74) is 4.49. The van der Waals surface area contributed by atoms with Gasteiger partial charge in [-0.15, -0.1) is 0 Å². The second-order valence-corrected chi connectivity index (χ2v) is 13.8. The Morgan fingerprint density at radius 1 is 0.804 bits per heavy atom. The zero-order valence-electron chi connectivity index (χ0n) is 26.9. The molecule has 4 aromatic carbocycles. The molecule has 1 atom stereocenters. The van der Waals surface area contributed by atoms with Crippen molar-refractivity contribution in [3.63, 3.8) is 0 Å². The Morgan fingerprint density at radius 2 is 1.43 bits per heavy atom. The van der Waals surface area contributed by atoms with Gasteiger partial charge in [0, 0.05) is 24.5 Å². The summed E-state index contributed by atoms with van der Waals surface area (Å²) in [7, 11) is -4.21. The number of nitrogens with one attached hydrogen (secondary N) is 1. The van der Waals surface area contributed by atoms with E-state index in [0.29, 0.717) is 22.8 Å². The van der Waals surface area contributed by atoms with Crippen molar-refractivity contribution in [3.8, 4) is 0 Å². The van der Waals surface area contributed by atoms with Crippen LogP contribution >= 0.6 is 11.6 Å². The molecule has 0 aliphatic carbocycles. The number of halogens is 1.